The number of hydrogen-bond acceptors (Lipinski definition) is 0. The molecule has 0 aliphatic heterocycles. The van der Waals surface area contributed by atoms with E-state index in [0.29, 0.717) is 21.9 Å². The monoisotopic (exact) mass is 284 g/mol. The molecule has 0 aromatic carbocycles. The average Bonchev–Trinajstić information content (AvgIpc) is 2.82. The van der Waals surface area contributed by atoms with Crippen LogP contribution in [0, 0.1) is 23.7 Å². The van der Waals surface area contributed by atoms with Crippen LogP contribution in [-0.2, 0) is 0 Å². The van der Waals surface area contributed by atoms with Gasteiger partial charge in [-0.3, -0.25) is 0 Å². The summed E-state index contributed by atoms with van der Waals surface area (Å²) in [6, 6.07) is 0. The van der Waals surface area contributed by atoms with E-state index < -0.39 is 0 Å². The van der Waals surface area contributed by atoms with Crippen molar-refractivity contribution in [3.05, 3.63) is 10.1 Å². The van der Waals surface area contributed by atoms with Crippen molar-refractivity contribution in [2.45, 2.75) is 30.0 Å². The highest BCUT2D eigenvalue weighted by molar-refractivity contribution is 6.46. The Bertz CT molecular complexity index is 295. The zero-order valence-corrected chi connectivity index (χ0v) is 11.1. The second kappa shape index (κ2) is 3.70. The molecule has 6 atom stereocenters. The molecule has 3 aliphatic rings. The Morgan fingerprint density at radius 2 is 1.20 bits per heavy atom. The van der Waals surface area contributed by atoms with Crippen LogP contribution in [0.25, 0.3) is 0 Å². The van der Waals surface area contributed by atoms with Gasteiger partial charge in [-0.15, -0.1) is 23.2 Å². The fourth-order valence-electron chi connectivity index (χ4n) is 3.85. The third-order valence-corrected chi connectivity index (χ3v) is 6.65. The fraction of sp³-hybridized carbons (Fsp3) is 0.818. The van der Waals surface area contributed by atoms with Crippen LogP contribution in [0.1, 0.15) is 19.3 Å². The molecule has 15 heavy (non-hydrogen) atoms. The first-order valence-corrected chi connectivity index (χ1v) is 7.07. The van der Waals surface area contributed by atoms with Gasteiger partial charge in [0.1, 0.15) is 0 Å². The van der Waals surface area contributed by atoms with Gasteiger partial charge in [-0.05, 0) is 42.9 Å². The van der Waals surface area contributed by atoms with Crippen molar-refractivity contribution in [1.82, 2.24) is 0 Å². The van der Waals surface area contributed by atoms with Crippen LogP contribution in [0.5, 0.6) is 0 Å². The summed E-state index contributed by atoms with van der Waals surface area (Å²) in [4.78, 5) is 0. The molecule has 0 radical (unpaired) electrons. The lowest BCUT2D eigenvalue weighted by molar-refractivity contribution is 0.219. The van der Waals surface area contributed by atoms with E-state index in [1.807, 2.05) is 0 Å². The molecule has 84 valence electrons. The number of fused-ring (bicyclic) bond motifs is 5. The van der Waals surface area contributed by atoms with E-state index in [4.69, 9.17) is 46.4 Å². The van der Waals surface area contributed by atoms with Gasteiger partial charge in [0.15, 0.2) is 0 Å². The number of allylic oxidation sites excluding steroid dienone is 2. The lowest BCUT2D eigenvalue weighted by atomic mass is 9.73. The molecule has 0 spiro atoms. The van der Waals surface area contributed by atoms with Crippen molar-refractivity contribution in [3.63, 3.8) is 0 Å². The van der Waals surface area contributed by atoms with Crippen molar-refractivity contribution < 1.29 is 0 Å². The first-order chi connectivity index (χ1) is 7.11. The summed E-state index contributed by atoms with van der Waals surface area (Å²) in [6.45, 7) is 0. The topological polar surface area (TPSA) is 0 Å². The highest BCUT2D eigenvalue weighted by Crippen LogP contribution is 2.61. The van der Waals surface area contributed by atoms with Gasteiger partial charge < -0.3 is 0 Å². The minimum absolute atomic E-state index is 0.102. The van der Waals surface area contributed by atoms with Crippen LogP contribution < -0.4 is 0 Å². The standard InChI is InChI=1S/C11H12Cl4/c12-8-6-4-1-2-5(3-4)7(6)9(13)11(15)10(8)14/h4-9H,1-3H2. The SMILES string of the molecule is ClC1=C(Cl)C(Cl)C2C3CCC(C3)C2C1Cl. The Morgan fingerprint density at radius 1 is 0.800 bits per heavy atom. The van der Waals surface area contributed by atoms with Crippen molar-refractivity contribution in [2.24, 2.45) is 23.7 Å². The van der Waals surface area contributed by atoms with E-state index in [9.17, 15) is 0 Å². The smallest absolute Gasteiger partial charge is 0.0738 e. The highest BCUT2D eigenvalue weighted by atomic mass is 35.5. The summed E-state index contributed by atoms with van der Waals surface area (Å²) in [6.07, 6.45) is 3.86. The first kappa shape index (κ1) is 11.0. The lowest BCUT2D eigenvalue weighted by Gasteiger charge is -2.40. The van der Waals surface area contributed by atoms with Crippen LogP contribution in [0.2, 0.25) is 0 Å². The third-order valence-electron chi connectivity index (χ3n) is 4.44. The molecule has 3 rings (SSSR count). The first-order valence-electron chi connectivity index (χ1n) is 5.44. The summed E-state index contributed by atoms with van der Waals surface area (Å²) < 4.78 is 0. The molecule has 0 aromatic heterocycles. The number of hydrogen-bond donors (Lipinski definition) is 0. The van der Waals surface area contributed by atoms with E-state index in [1.165, 1.54) is 19.3 Å². The van der Waals surface area contributed by atoms with Gasteiger partial charge in [-0.1, -0.05) is 23.2 Å². The predicted molar refractivity (Wildman–Crippen MR) is 65.8 cm³/mol. The van der Waals surface area contributed by atoms with Gasteiger partial charge >= 0.3 is 0 Å². The molecule has 0 saturated heterocycles. The second-order valence-electron chi connectivity index (χ2n) is 4.99. The maximum atomic E-state index is 6.39. The van der Waals surface area contributed by atoms with E-state index >= 15 is 0 Å². The normalized spacial score (nSPS) is 53.6. The largest absolute Gasteiger partial charge is 0.116 e. The fourth-order valence-corrected chi connectivity index (χ4v) is 5.47. The Labute approximate surface area is 110 Å². The summed E-state index contributed by atoms with van der Waals surface area (Å²) in [5, 5.41) is 0.975. The molecule has 0 amide bonds. The van der Waals surface area contributed by atoms with Crippen molar-refractivity contribution in [3.8, 4) is 0 Å². The Morgan fingerprint density at radius 3 is 1.60 bits per heavy atom. The molecule has 3 aliphatic carbocycles. The van der Waals surface area contributed by atoms with Crippen molar-refractivity contribution >= 4 is 46.4 Å². The van der Waals surface area contributed by atoms with Crippen molar-refractivity contribution in [1.29, 1.82) is 0 Å². The molecule has 2 bridgehead atoms. The number of rotatable bonds is 0. The van der Waals surface area contributed by atoms with Crippen LogP contribution >= 0.6 is 46.4 Å². The van der Waals surface area contributed by atoms with Gasteiger partial charge in [-0.2, -0.15) is 0 Å². The van der Waals surface area contributed by atoms with Crippen molar-refractivity contribution in [2.75, 3.05) is 0 Å². The zero-order valence-electron chi connectivity index (χ0n) is 8.10. The van der Waals surface area contributed by atoms with E-state index in [2.05, 4.69) is 0 Å². The molecule has 0 N–H and O–H groups in total. The van der Waals surface area contributed by atoms with Gasteiger partial charge in [0.2, 0.25) is 0 Å². The number of alkyl halides is 2. The molecular formula is C11H12Cl4. The maximum absolute atomic E-state index is 6.39. The molecule has 4 heteroatoms. The van der Waals surface area contributed by atoms with Crippen LogP contribution in [0.15, 0.2) is 10.1 Å². The highest BCUT2D eigenvalue weighted by Gasteiger charge is 2.56. The Kier molecular flexibility index (Phi) is 2.72. The molecule has 2 saturated carbocycles. The van der Waals surface area contributed by atoms with Gasteiger partial charge in [0.05, 0.1) is 20.8 Å². The third kappa shape index (κ3) is 1.41. The Hall–Kier alpha value is 0.900. The average molecular weight is 286 g/mol. The summed E-state index contributed by atoms with van der Waals surface area (Å²) in [5.74, 6) is 2.37. The summed E-state index contributed by atoms with van der Waals surface area (Å²) in [7, 11) is 0. The van der Waals surface area contributed by atoms with Gasteiger partial charge in [0, 0.05) is 0 Å². The summed E-state index contributed by atoms with van der Waals surface area (Å²) in [5.41, 5.74) is 0. The van der Waals surface area contributed by atoms with Crippen LogP contribution in [-0.4, -0.2) is 10.8 Å². The molecular weight excluding hydrogens is 274 g/mol. The van der Waals surface area contributed by atoms with Gasteiger partial charge in [0.25, 0.3) is 0 Å². The number of halogens is 4. The quantitative estimate of drug-likeness (QED) is 0.572. The second-order valence-corrected chi connectivity index (χ2v) is 6.74. The van der Waals surface area contributed by atoms with E-state index in [-0.39, 0.29) is 10.8 Å². The molecule has 0 heterocycles. The van der Waals surface area contributed by atoms with Gasteiger partial charge in [-0.25, -0.2) is 0 Å². The molecule has 0 nitrogen and oxygen atoms in total. The minimum Gasteiger partial charge on any atom is -0.116 e. The zero-order chi connectivity index (χ0) is 10.7. The Balaban J connectivity index is 2.02. The molecule has 6 unspecified atom stereocenters. The predicted octanol–water partition coefficient (Wildman–Crippen LogP) is 4.57. The molecule has 0 aromatic rings. The lowest BCUT2D eigenvalue weighted by Crippen LogP contribution is -2.40. The van der Waals surface area contributed by atoms with Crippen LogP contribution in [0.4, 0.5) is 0 Å². The van der Waals surface area contributed by atoms with E-state index in [1.54, 1.807) is 0 Å². The summed E-state index contributed by atoms with van der Waals surface area (Å²) >= 11 is 25.1. The molecule has 2 fully saturated rings. The van der Waals surface area contributed by atoms with Crippen LogP contribution in [0.3, 0.4) is 0 Å². The minimum atomic E-state index is -0.102. The maximum Gasteiger partial charge on any atom is 0.0738 e. The van der Waals surface area contributed by atoms with E-state index in [0.717, 1.165) is 11.8 Å².